The average molecular weight is 452 g/mol. The Bertz CT molecular complexity index is 935. The summed E-state index contributed by atoms with van der Waals surface area (Å²) in [5.41, 5.74) is 1.26. The van der Waals surface area contributed by atoms with Crippen molar-refractivity contribution < 1.29 is 22.7 Å². The van der Waals surface area contributed by atoms with Gasteiger partial charge in [-0.05, 0) is 57.3 Å². The topological polar surface area (TPSA) is 29.5 Å². The number of carbonyl (C=O) groups is 1. The first-order chi connectivity index (χ1) is 14.6. The SMILES string of the molecule is COc1cc(C(F)(F)F)cc(SC)c1C(=O)CC1(c2cccc(C)c2)CCCN(C)C1. The van der Waals surface area contributed by atoms with E-state index in [2.05, 4.69) is 17.0 Å². The molecular formula is C24H28F3NO2S. The summed E-state index contributed by atoms with van der Waals surface area (Å²) in [6.45, 7) is 3.71. The Hall–Kier alpha value is -1.99. The van der Waals surface area contributed by atoms with Gasteiger partial charge in [-0.3, -0.25) is 4.79 Å². The third-order valence-corrected chi connectivity index (χ3v) is 6.77. The lowest BCUT2D eigenvalue weighted by atomic mass is 9.70. The normalized spacial score (nSPS) is 20.0. The van der Waals surface area contributed by atoms with Crippen LogP contribution in [0, 0.1) is 6.92 Å². The van der Waals surface area contributed by atoms with E-state index in [4.69, 9.17) is 4.74 Å². The molecule has 1 saturated heterocycles. The Balaban J connectivity index is 2.06. The van der Waals surface area contributed by atoms with Gasteiger partial charge in [0.1, 0.15) is 5.75 Å². The van der Waals surface area contributed by atoms with E-state index in [-0.39, 0.29) is 28.9 Å². The van der Waals surface area contributed by atoms with Crippen LogP contribution < -0.4 is 4.74 Å². The number of piperidine rings is 1. The van der Waals surface area contributed by atoms with Gasteiger partial charge < -0.3 is 9.64 Å². The lowest BCUT2D eigenvalue weighted by Crippen LogP contribution is -2.45. The van der Waals surface area contributed by atoms with E-state index in [9.17, 15) is 18.0 Å². The molecule has 7 heteroatoms. The smallest absolute Gasteiger partial charge is 0.416 e. The number of methoxy groups -OCH3 is 1. The quantitative estimate of drug-likeness (QED) is 0.399. The standard InChI is InChI=1S/C24H28F3NO2S/c1-16-7-5-8-17(11-16)23(9-6-10-28(2)15-23)14-19(29)22-20(30-3)12-18(24(25,26)27)13-21(22)31-4/h5,7-8,11-13H,6,9-10,14-15H2,1-4H3. The van der Waals surface area contributed by atoms with Crippen LogP contribution in [0.15, 0.2) is 41.3 Å². The minimum atomic E-state index is -4.51. The zero-order valence-electron chi connectivity index (χ0n) is 18.3. The molecule has 0 radical (unpaired) electrons. The largest absolute Gasteiger partial charge is 0.496 e. The van der Waals surface area contributed by atoms with Gasteiger partial charge in [0.05, 0.1) is 18.2 Å². The monoisotopic (exact) mass is 451 g/mol. The first-order valence-electron chi connectivity index (χ1n) is 10.2. The van der Waals surface area contributed by atoms with Gasteiger partial charge in [0.2, 0.25) is 0 Å². The number of benzene rings is 2. The maximum absolute atomic E-state index is 13.6. The van der Waals surface area contributed by atoms with Gasteiger partial charge in [-0.2, -0.15) is 13.2 Å². The molecule has 0 saturated carbocycles. The summed E-state index contributed by atoms with van der Waals surface area (Å²) in [7, 11) is 3.35. The fraction of sp³-hybridized carbons (Fsp3) is 0.458. The van der Waals surface area contributed by atoms with Crippen LogP contribution in [0.4, 0.5) is 13.2 Å². The van der Waals surface area contributed by atoms with Crippen LogP contribution in [-0.4, -0.2) is 44.2 Å². The van der Waals surface area contributed by atoms with Gasteiger partial charge in [0, 0.05) is 23.3 Å². The fourth-order valence-corrected chi connectivity index (χ4v) is 5.23. The third kappa shape index (κ3) is 5.09. The molecule has 1 fully saturated rings. The van der Waals surface area contributed by atoms with E-state index < -0.39 is 11.7 Å². The van der Waals surface area contributed by atoms with Crippen molar-refractivity contribution in [1.29, 1.82) is 0 Å². The Morgan fingerprint density at radius 2 is 2.00 bits per heavy atom. The Morgan fingerprint density at radius 3 is 2.58 bits per heavy atom. The summed E-state index contributed by atoms with van der Waals surface area (Å²) >= 11 is 1.13. The minimum Gasteiger partial charge on any atom is -0.496 e. The summed E-state index contributed by atoms with van der Waals surface area (Å²) in [5.74, 6) is -0.209. The van der Waals surface area contributed by atoms with E-state index in [0.717, 1.165) is 61.0 Å². The van der Waals surface area contributed by atoms with Gasteiger partial charge in [0.25, 0.3) is 0 Å². The van der Waals surface area contributed by atoms with Crippen molar-refractivity contribution in [1.82, 2.24) is 4.90 Å². The minimum absolute atomic E-state index is 0.0206. The molecule has 0 aromatic heterocycles. The summed E-state index contributed by atoms with van der Waals surface area (Å²) in [5, 5.41) is 0. The van der Waals surface area contributed by atoms with Gasteiger partial charge in [-0.15, -0.1) is 11.8 Å². The maximum Gasteiger partial charge on any atom is 0.416 e. The number of nitrogens with zero attached hydrogens (tertiary/aromatic N) is 1. The van der Waals surface area contributed by atoms with Crippen LogP contribution in [0.2, 0.25) is 0 Å². The van der Waals surface area contributed by atoms with E-state index in [1.165, 1.54) is 7.11 Å². The number of ketones is 1. The molecule has 31 heavy (non-hydrogen) atoms. The summed E-state index contributed by atoms with van der Waals surface area (Å²) in [6, 6.07) is 10.2. The highest BCUT2D eigenvalue weighted by Crippen LogP contribution is 2.42. The lowest BCUT2D eigenvalue weighted by molar-refractivity contribution is -0.137. The first-order valence-corrected chi connectivity index (χ1v) is 11.4. The molecule has 0 N–H and O–H groups in total. The molecule has 168 valence electrons. The number of aryl methyl sites for hydroxylation is 1. The molecule has 0 amide bonds. The second kappa shape index (κ2) is 9.25. The molecule has 0 spiro atoms. The van der Waals surface area contributed by atoms with E-state index >= 15 is 0 Å². The van der Waals surface area contributed by atoms with Crippen LogP contribution in [0.1, 0.15) is 46.3 Å². The molecule has 2 aromatic rings. The highest BCUT2D eigenvalue weighted by Gasteiger charge is 2.40. The van der Waals surface area contributed by atoms with Crippen molar-refractivity contribution in [3.8, 4) is 5.75 Å². The maximum atomic E-state index is 13.6. The van der Waals surface area contributed by atoms with E-state index in [1.807, 2.05) is 26.1 Å². The Labute approximate surface area is 186 Å². The predicted molar refractivity (Wildman–Crippen MR) is 118 cm³/mol. The van der Waals surface area contributed by atoms with Crippen molar-refractivity contribution in [2.45, 2.75) is 42.7 Å². The van der Waals surface area contributed by atoms with Crippen molar-refractivity contribution in [2.75, 3.05) is 33.5 Å². The predicted octanol–water partition coefficient (Wildman–Crippen LogP) is 5.98. The van der Waals surface area contributed by atoms with Crippen molar-refractivity contribution in [3.63, 3.8) is 0 Å². The van der Waals surface area contributed by atoms with Crippen LogP contribution in [-0.2, 0) is 11.6 Å². The third-order valence-electron chi connectivity index (χ3n) is 6.01. The Kier molecular flexibility index (Phi) is 7.06. The average Bonchev–Trinajstić information content (AvgIpc) is 2.71. The first kappa shape index (κ1) is 23.7. The van der Waals surface area contributed by atoms with Gasteiger partial charge in [-0.1, -0.05) is 29.8 Å². The van der Waals surface area contributed by atoms with Gasteiger partial charge in [-0.25, -0.2) is 0 Å². The molecule has 1 atom stereocenters. The van der Waals surface area contributed by atoms with Crippen LogP contribution in [0.25, 0.3) is 0 Å². The zero-order valence-corrected chi connectivity index (χ0v) is 19.1. The molecule has 1 heterocycles. The van der Waals surface area contributed by atoms with Crippen LogP contribution in [0.5, 0.6) is 5.75 Å². The van der Waals surface area contributed by atoms with Crippen LogP contribution >= 0.6 is 11.8 Å². The van der Waals surface area contributed by atoms with Gasteiger partial charge >= 0.3 is 6.18 Å². The molecule has 2 aromatic carbocycles. The molecule has 0 aliphatic carbocycles. The number of hydrogen-bond acceptors (Lipinski definition) is 4. The number of ether oxygens (including phenoxy) is 1. The number of likely N-dealkylation sites (N-methyl/N-ethyl adjacent to an activating group) is 1. The Morgan fingerprint density at radius 1 is 1.26 bits per heavy atom. The second-order valence-corrected chi connectivity index (χ2v) is 9.19. The van der Waals surface area contributed by atoms with Crippen molar-refractivity contribution >= 4 is 17.5 Å². The number of likely N-dealkylation sites (tertiary alicyclic amines) is 1. The number of Topliss-reactive ketones (excluding diaryl/α,β-unsaturated/α-hetero) is 1. The highest BCUT2D eigenvalue weighted by molar-refractivity contribution is 7.98. The molecule has 1 aliphatic rings. The number of halogens is 3. The van der Waals surface area contributed by atoms with E-state index in [0.29, 0.717) is 4.90 Å². The fourth-order valence-electron chi connectivity index (χ4n) is 4.57. The summed E-state index contributed by atoms with van der Waals surface area (Å²) in [4.78, 5) is 16.1. The number of thioether (sulfide) groups is 1. The number of rotatable bonds is 6. The molecule has 3 nitrogen and oxygen atoms in total. The summed E-state index contributed by atoms with van der Waals surface area (Å²) < 4.78 is 45.3. The molecule has 1 aliphatic heterocycles. The number of alkyl halides is 3. The molecule has 1 unspecified atom stereocenters. The number of carbonyl (C=O) groups excluding carboxylic acids is 1. The highest BCUT2D eigenvalue weighted by atomic mass is 32.2. The van der Waals surface area contributed by atoms with Crippen molar-refractivity contribution in [3.05, 3.63) is 58.7 Å². The van der Waals surface area contributed by atoms with Gasteiger partial charge in [0.15, 0.2) is 5.78 Å². The zero-order chi connectivity index (χ0) is 22.8. The van der Waals surface area contributed by atoms with Crippen molar-refractivity contribution in [2.24, 2.45) is 0 Å². The van der Waals surface area contributed by atoms with E-state index in [1.54, 1.807) is 6.26 Å². The molecule has 0 bridgehead atoms. The number of hydrogen-bond donors (Lipinski definition) is 0. The van der Waals surface area contributed by atoms with Crippen LogP contribution in [0.3, 0.4) is 0 Å². The molecule has 3 rings (SSSR count). The lowest BCUT2D eigenvalue weighted by Gasteiger charge is -2.42. The second-order valence-electron chi connectivity index (χ2n) is 8.34. The summed E-state index contributed by atoms with van der Waals surface area (Å²) in [6.07, 6.45) is -0.804. The molecular weight excluding hydrogens is 423 g/mol.